The number of hydrogen-bond donors (Lipinski definition) is 5. The second kappa shape index (κ2) is 10.8. The number of esters is 5. The van der Waals surface area contributed by atoms with E-state index in [1.807, 2.05) is 0 Å². The molecule has 15 nitrogen and oxygen atoms in total. The smallest absolute Gasteiger partial charge is 0.343 e. The van der Waals surface area contributed by atoms with E-state index in [1.54, 1.807) is 5.32 Å². The molecule has 1 amide bonds. The summed E-state index contributed by atoms with van der Waals surface area (Å²) in [5.74, 6) is -16.4. The van der Waals surface area contributed by atoms with Gasteiger partial charge in [0.25, 0.3) is 0 Å². The lowest BCUT2D eigenvalue weighted by Crippen LogP contribution is -2.76. The van der Waals surface area contributed by atoms with Gasteiger partial charge in [-0.05, 0) is 0 Å². The molecule has 0 aliphatic rings. The molecule has 1 unspecified atom stereocenters. The van der Waals surface area contributed by atoms with Crippen molar-refractivity contribution in [1.29, 1.82) is 0 Å². The minimum atomic E-state index is -3.98. The maximum atomic E-state index is 12.3. The Morgan fingerprint density at radius 1 is 0.742 bits per heavy atom. The molecule has 0 saturated heterocycles. The Kier molecular flexibility index (Phi) is 9.67. The predicted octanol–water partition coefficient (Wildman–Crippen LogP) is -3.67. The van der Waals surface area contributed by atoms with Crippen LogP contribution >= 0.6 is 0 Å². The molecule has 15 heteroatoms. The standard InChI is InChI=1S/C16H23NO14/c1-6(18)17-11(13(24)28-7(2)19)15(26,30-9(4)21)16(27,31-10(5)22)12(23)14(25)29-8(3)20/h11-12,14,23,25-27H,1-5H3,(H,17,18)/t11-,12-,14?,15+,16+/m1/s1. The normalized spacial score (nSPS) is 17.5. The van der Waals surface area contributed by atoms with Gasteiger partial charge in [-0.15, -0.1) is 0 Å². The van der Waals surface area contributed by atoms with Gasteiger partial charge in [-0.2, -0.15) is 0 Å². The third kappa shape index (κ3) is 7.25. The molecule has 0 aliphatic heterocycles. The molecule has 0 heterocycles. The SMILES string of the molecule is CC(=O)N[C@H](C(=O)OC(C)=O)[C@](O)(OC(C)=O)[C@@](O)(OC(C)=O)[C@H](O)C(O)OC(C)=O. The van der Waals surface area contributed by atoms with Crippen molar-refractivity contribution < 1.29 is 68.1 Å². The van der Waals surface area contributed by atoms with Crippen molar-refractivity contribution in [1.82, 2.24) is 5.32 Å². The molecule has 0 aromatic rings. The van der Waals surface area contributed by atoms with Crippen molar-refractivity contribution in [2.24, 2.45) is 0 Å². The lowest BCUT2D eigenvalue weighted by Gasteiger charge is -2.45. The van der Waals surface area contributed by atoms with Gasteiger partial charge in [0.15, 0.2) is 6.10 Å². The predicted molar refractivity (Wildman–Crippen MR) is 91.6 cm³/mol. The van der Waals surface area contributed by atoms with Crippen LogP contribution in [0.5, 0.6) is 0 Å². The zero-order valence-corrected chi connectivity index (χ0v) is 17.1. The first-order chi connectivity index (χ1) is 14.0. The number of hydrogen-bond acceptors (Lipinski definition) is 14. The van der Waals surface area contributed by atoms with Gasteiger partial charge in [-0.1, -0.05) is 0 Å². The number of carbonyl (C=O) groups is 6. The summed E-state index contributed by atoms with van der Waals surface area (Å²) >= 11 is 0. The van der Waals surface area contributed by atoms with E-state index in [9.17, 15) is 49.2 Å². The summed E-state index contributed by atoms with van der Waals surface area (Å²) in [5.41, 5.74) is 0. The Hall–Kier alpha value is -3.14. The number of rotatable bonds is 9. The lowest BCUT2D eigenvalue weighted by molar-refractivity contribution is -0.405. The molecule has 176 valence electrons. The van der Waals surface area contributed by atoms with Crippen molar-refractivity contribution in [3.63, 3.8) is 0 Å². The van der Waals surface area contributed by atoms with Gasteiger partial charge in [-0.25, -0.2) is 4.79 Å². The minimum Gasteiger partial charge on any atom is -0.433 e. The number of aliphatic hydroxyl groups excluding tert-OH is 2. The third-order valence-corrected chi connectivity index (χ3v) is 3.29. The van der Waals surface area contributed by atoms with Crippen molar-refractivity contribution in [2.45, 2.75) is 64.6 Å². The van der Waals surface area contributed by atoms with Gasteiger partial charge < -0.3 is 44.7 Å². The van der Waals surface area contributed by atoms with Crippen LogP contribution in [0, 0.1) is 0 Å². The number of ether oxygens (including phenoxy) is 4. The quantitative estimate of drug-likeness (QED) is 0.0979. The topological polar surface area (TPSA) is 232 Å². The second-order valence-corrected chi connectivity index (χ2v) is 6.07. The Labute approximate surface area is 174 Å². The van der Waals surface area contributed by atoms with E-state index in [4.69, 9.17) is 0 Å². The van der Waals surface area contributed by atoms with Crippen LogP contribution in [0.3, 0.4) is 0 Å². The van der Waals surface area contributed by atoms with Crippen LogP contribution in [0.2, 0.25) is 0 Å². The molecule has 31 heavy (non-hydrogen) atoms. The average molecular weight is 453 g/mol. The van der Waals surface area contributed by atoms with Gasteiger partial charge in [0.2, 0.25) is 18.2 Å². The number of nitrogens with one attached hydrogen (secondary N) is 1. The molecule has 0 aliphatic carbocycles. The second-order valence-electron chi connectivity index (χ2n) is 6.07. The van der Waals surface area contributed by atoms with E-state index in [0.29, 0.717) is 13.8 Å². The highest BCUT2D eigenvalue weighted by Gasteiger charge is 2.69. The van der Waals surface area contributed by atoms with Gasteiger partial charge in [0, 0.05) is 34.6 Å². The zero-order chi connectivity index (χ0) is 24.7. The first-order valence-electron chi connectivity index (χ1n) is 8.34. The molecular weight excluding hydrogens is 430 g/mol. The minimum absolute atomic E-state index is 0.630. The summed E-state index contributed by atoms with van der Waals surface area (Å²) in [6, 6.07) is -2.72. The van der Waals surface area contributed by atoms with E-state index in [-0.39, 0.29) is 0 Å². The van der Waals surface area contributed by atoms with Crippen LogP contribution in [0.1, 0.15) is 34.6 Å². The summed E-state index contributed by atoms with van der Waals surface area (Å²) < 4.78 is 17.4. The van der Waals surface area contributed by atoms with Gasteiger partial charge in [-0.3, -0.25) is 24.0 Å². The molecule has 5 atom stereocenters. The van der Waals surface area contributed by atoms with Crippen molar-refractivity contribution in [3.8, 4) is 0 Å². The van der Waals surface area contributed by atoms with E-state index < -0.39 is 65.8 Å². The molecule has 0 fully saturated rings. The number of aliphatic hydroxyl groups is 4. The fourth-order valence-electron chi connectivity index (χ4n) is 2.27. The maximum absolute atomic E-state index is 12.3. The Bertz CT molecular complexity index is 751. The monoisotopic (exact) mass is 453 g/mol. The highest BCUT2D eigenvalue weighted by Crippen LogP contribution is 2.35. The zero-order valence-electron chi connectivity index (χ0n) is 17.1. The van der Waals surface area contributed by atoms with Crippen LogP contribution in [-0.2, 0) is 47.7 Å². The number of amides is 1. The van der Waals surface area contributed by atoms with E-state index in [0.717, 1.165) is 20.8 Å². The van der Waals surface area contributed by atoms with Crippen molar-refractivity contribution in [3.05, 3.63) is 0 Å². The Balaban J connectivity index is 6.87. The van der Waals surface area contributed by atoms with E-state index >= 15 is 0 Å². The molecule has 0 aromatic heterocycles. The fourth-order valence-corrected chi connectivity index (χ4v) is 2.27. The highest BCUT2D eigenvalue weighted by atomic mass is 16.8. The van der Waals surface area contributed by atoms with Crippen LogP contribution in [-0.4, -0.2) is 86.2 Å². The molecule has 0 spiro atoms. The summed E-state index contributed by atoms with van der Waals surface area (Å²) in [4.78, 5) is 69.2. The van der Waals surface area contributed by atoms with Crippen LogP contribution in [0.4, 0.5) is 0 Å². The molecule has 0 rings (SSSR count). The van der Waals surface area contributed by atoms with Gasteiger partial charge in [0.05, 0.1) is 0 Å². The molecule has 5 N–H and O–H groups in total. The third-order valence-electron chi connectivity index (χ3n) is 3.29. The van der Waals surface area contributed by atoms with Crippen LogP contribution < -0.4 is 5.32 Å². The molecule has 0 saturated carbocycles. The van der Waals surface area contributed by atoms with Crippen molar-refractivity contribution in [2.75, 3.05) is 0 Å². The van der Waals surface area contributed by atoms with Crippen LogP contribution in [0.15, 0.2) is 0 Å². The summed E-state index contributed by atoms with van der Waals surface area (Å²) in [6.45, 7) is 3.56. The Morgan fingerprint density at radius 3 is 1.55 bits per heavy atom. The fraction of sp³-hybridized carbons (Fsp3) is 0.625. The summed E-state index contributed by atoms with van der Waals surface area (Å²) in [6.07, 6.45) is -5.74. The molecule has 0 bridgehead atoms. The molecule has 0 radical (unpaired) electrons. The van der Waals surface area contributed by atoms with Crippen LogP contribution in [0.25, 0.3) is 0 Å². The van der Waals surface area contributed by atoms with Gasteiger partial charge >= 0.3 is 41.4 Å². The highest BCUT2D eigenvalue weighted by molar-refractivity contribution is 5.91. The maximum Gasteiger partial charge on any atom is 0.343 e. The largest absolute Gasteiger partial charge is 0.433 e. The van der Waals surface area contributed by atoms with E-state index in [2.05, 4.69) is 18.9 Å². The number of carbonyl (C=O) groups excluding carboxylic acids is 6. The summed E-state index contributed by atoms with van der Waals surface area (Å²) in [7, 11) is 0. The van der Waals surface area contributed by atoms with Crippen molar-refractivity contribution >= 4 is 35.8 Å². The lowest BCUT2D eigenvalue weighted by atomic mass is 9.91. The van der Waals surface area contributed by atoms with E-state index in [1.165, 1.54) is 0 Å². The average Bonchev–Trinajstić information content (AvgIpc) is 2.55. The Morgan fingerprint density at radius 2 is 1.19 bits per heavy atom. The molecular formula is C16H23NO14. The van der Waals surface area contributed by atoms with Gasteiger partial charge in [0.1, 0.15) is 0 Å². The first kappa shape index (κ1) is 27.9. The summed E-state index contributed by atoms with van der Waals surface area (Å²) in [5, 5.41) is 43.7. The molecule has 0 aromatic carbocycles. The first-order valence-corrected chi connectivity index (χ1v) is 8.34.